The van der Waals surface area contributed by atoms with Gasteiger partial charge < -0.3 is 10.2 Å². The molecular weight excluding hydrogens is 212 g/mol. The van der Waals surface area contributed by atoms with E-state index in [4.69, 9.17) is 0 Å². The molecular formula is C14H30N2O. The predicted octanol–water partition coefficient (Wildman–Crippen LogP) is 2.80. The number of unbranched alkanes of at least 4 members (excludes halogenated alkanes) is 3. The zero-order valence-electron chi connectivity index (χ0n) is 11.9. The summed E-state index contributed by atoms with van der Waals surface area (Å²) in [5.74, 6) is 0.342. The van der Waals surface area contributed by atoms with Crippen LogP contribution in [0.15, 0.2) is 0 Å². The van der Waals surface area contributed by atoms with Gasteiger partial charge in [-0.1, -0.05) is 26.7 Å². The van der Waals surface area contributed by atoms with Crippen LogP contribution in [0, 0.1) is 0 Å². The molecule has 0 aromatic rings. The number of nitrogens with zero attached hydrogens (tertiary/aromatic N) is 1. The third kappa shape index (κ3) is 9.16. The van der Waals surface area contributed by atoms with Crippen molar-refractivity contribution in [3.05, 3.63) is 0 Å². The number of nitrogens with one attached hydrogen (secondary N) is 1. The molecule has 102 valence electrons. The number of hydrogen-bond acceptors (Lipinski definition) is 2. The lowest BCUT2D eigenvalue weighted by molar-refractivity contribution is -0.131. The number of amides is 1. The molecule has 3 nitrogen and oxygen atoms in total. The molecule has 0 unspecified atom stereocenters. The Morgan fingerprint density at radius 3 is 2.29 bits per heavy atom. The topological polar surface area (TPSA) is 32.3 Å². The van der Waals surface area contributed by atoms with Crippen LogP contribution in [-0.4, -0.2) is 37.5 Å². The van der Waals surface area contributed by atoms with E-state index in [0.717, 1.165) is 45.3 Å². The molecule has 1 N–H and O–H groups in total. The highest BCUT2D eigenvalue weighted by Crippen LogP contribution is 2.04. The predicted molar refractivity (Wildman–Crippen MR) is 74.2 cm³/mol. The standard InChI is InChI=1S/C14H30N2O/c1-4-6-12-16(14(17)10-5-2)13-9-7-8-11-15-3/h15H,4-13H2,1-3H3. The van der Waals surface area contributed by atoms with E-state index < -0.39 is 0 Å². The van der Waals surface area contributed by atoms with Gasteiger partial charge in [-0.2, -0.15) is 0 Å². The first-order chi connectivity index (χ1) is 8.26. The van der Waals surface area contributed by atoms with Gasteiger partial charge in [0.05, 0.1) is 0 Å². The molecule has 0 aliphatic rings. The summed E-state index contributed by atoms with van der Waals surface area (Å²) in [4.78, 5) is 13.9. The average Bonchev–Trinajstić information content (AvgIpc) is 2.33. The first-order valence-corrected chi connectivity index (χ1v) is 7.18. The largest absolute Gasteiger partial charge is 0.343 e. The van der Waals surface area contributed by atoms with Crippen LogP contribution in [0.2, 0.25) is 0 Å². The molecule has 0 saturated carbocycles. The maximum absolute atomic E-state index is 11.9. The summed E-state index contributed by atoms with van der Waals surface area (Å²) >= 11 is 0. The zero-order valence-corrected chi connectivity index (χ0v) is 11.9. The van der Waals surface area contributed by atoms with Crippen LogP contribution in [-0.2, 0) is 4.79 Å². The molecule has 1 amide bonds. The van der Waals surface area contributed by atoms with Crippen molar-refractivity contribution >= 4 is 5.91 Å². The monoisotopic (exact) mass is 242 g/mol. The van der Waals surface area contributed by atoms with E-state index in [9.17, 15) is 4.79 Å². The van der Waals surface area contributed by atoms with Crippen molar-refractivity contribution in [2.45, 2.75) is 58.8 Å². The van der Waals surface area contributed by atoms with E-state index in [1.807, 2.05) is 7.05 Å². The van der Waals surface area contributed by atoms with Crippen LogP contribution < -0.4 is 5.32 Å². The van der Waals surface area contributed by atoms with E-state index >= 15 is 0 Å². The van der Waals surface area contributed by atoms with Gasteiger partial charge in [-0.3, -0.25) is 4.79 Å². The SMILES string of the molecule is CCCCN(CCCCCNC)C(=O)CCC. The van der Waals surface area contributed by atoms with Crippen LogP contribution in [0.5, 0.6) is 0 Å². The van der Waals surface area contributed by atoms with E-state index in [0.29, 0.717) is 12.3 Å². The zero-order chi connectivity index (χ0) is 12.9. The van der Waals surface area contributed by atoms with E-state index in [1.54, 1.807) is 0 Å². The molecule has 0 radical (unpaired) electrons. The second-order valence-corrected chi connectivity index (χ2v) is 4.65. The van der Waals surface area contributed by atoms with Gasteiger partial charge in [0.2, 0.25) is 5.91 Å². The van der Waals surface area contributed by atoms with Crippen molar-refractivity contribution in [1.82, 2.24) is 10.2 Å². The van der Waals surface area contributed by atoms with Gasteiger partial charge in [-0.25, -0.2) is 0 Å². The number of carbonyl (C=O) groups excluding carboxylic acids is 1. The summed E-state index contributed by atoms with van der Waals surface area (Å²) in [6, 6.07) is 0. The molecule has 0 aromatic heterocycles. The van der Waals surface area contributed by atoms with Crippen molar-refractivity contribution in [2.24, 2.45) is 0 Å². The second kappa shape index (κ2) is 11.9. The Balaban J connectivity index is 3.80. The van der Waals surface area contributed by atoms with Gasteiger partial charge in [-0.15, -0.1) is 0 Å². The van der Waals surface area contributed by atoms with Gasteiger partial charge in [0, 0.05) is 19.5 Å². The fraction of sp³-hybridized carbons (Fsp3) is 0.929. The Morgan fingerprint density at radius 1 is 1.00 bits per heavy atom. The fourth-order valence-electron chi connectivity index (χ4n) is 1.86. The lowest BCUT2D eigenvalue weighted by Gasteiger charge is -2.22. The molecule has 0 bridgehead atoms. The van der Waals surface area contributed by atoms with Crippen LogP contribution in [0.4, 0.5) is 0 Å². The summed E-state index contributed by atoms with van der Waals surface area (Å²) in [6.07, 6.45) is 7.52. The van der Waals surface area contributed by atoms with Gasteiger partial charge >= 0.3 is 0 Å². The van der Waals surface area contributed by atoms with Crippen molar-refractivity contribution in [3.8, 4) is 0 Å². The average molecular weight is 242 g/mol. The quantitative estimate of drug-likeness (QED) is 0.565. The minimum absolute atomic E-state index is 0.342. The Labute approximate surface area is 107 Å². The molecule has 0 saturated heterocycles. The molecule has 17 heavy (non-hydrogen) atoms. The molecule has 0 rings (SSSR count). The molecule has 0 spiro atoms. The molecule has 0 aliphatic heterocycles. The highest BCUT2D eigenvalue weighted by atomic mass is 16.2. The first-order valence-electron chi connectivity index (χ1n) is 7.18. The summed E-state index contributed by atoms with van der Waals surface area (Å²) in [6.45, 7) is 7.22. The molecule has 0 aliphatic carbocycles. The minimum atomic E-state index is 0.342. The number of carbonyl (C=O) groups is 1. The van der Waals surface area contributed by atoms with E-state index in [1.165, 1.54) is 12.8 Å². The summed E-state index contributed by atoms with van der Waals surface area (Å²) in [5.41, 5.74) is 0. The number of rotatable bonds is 11. The summed E-state index contributed by atoms with van der Waals surface area (Å²) in [7, 11) is 1.98. The van der Waals surface area contributed by atoms with Crippen LogP contribution in [0.3, 0.4) is 0 Å². The van der Waals surface area contributed by atoms with Crippen molar-refractivity contribution < 1.29 is 4.79 Å². The summed E-state index contributed by atoms with van der Waals surface area (Å²) < 4.78 is 0. The van der Waals surface area contributed by atoms with Crippen LogP contribution in [0.1, 0.15) is 58.8 Å². The van der Waals surface area contributed by atoms with E-state index in [2.05, 4.69) is 24.1 Å². The highest BCUT2D eigenvalue weighted by Gasteiger charge is 2.10. The lowest BCUT2D eigenvalue weighted by Crippen LogP contribution is -2.32. The maximum atomic E-state index is 11.9. The van der Waals surface area contributed by atoms with Gasteiger partial charge in [0.25, 0.3) is 0 Å². The summed E-state index contributed by atoms with van der Waals surface area (Å²) in [5, 5.41) is 3.15. The Bertz CT molecular complexity index is 183. The van der Waals surface area contributed by atoms with Gasteiger partial charge in [0.15, 0.2) is 0 Å². The fourth-order valence-corrected chi connectivity index (χ4v) is 1.86. The molecule has 3 heteroatoms. The third-order valence-electron chi connectivity index (χ3n) is 2.95. The third-order valence-corrected chi connectivity index (χ3v) is 2.95. The van der Waals surface area contributed by atoms with Crippen molar-refractivity contribution in [2.75, 3.05) is 26.7 Å². The Morgan fingerprint density at radius 2 is 1.71 bits per heavy atom. The highest BCUT2D eigenvalue weighted by molar-refractivity contribution is 5.76. The van der Waals surface area contributed by atoms with E-state index in [-0.39, 0.29) is 0 Å². The second-order valence-electron chi connectivity index (χ2n) is 4.65. The number of hydrogen-bond donors (Lipinski definition) is 1. The molecule has 0 atom stereocenters. The smallest absolute Gasteiger partial charge is 0.222 e. The van der Waals surface area contributed by atoms with Gasteiger partial charge in [-0.05, 0) is 39.3 Å². The Kier molecular flexibility index (Phi) is 11.5. The first kappa shape index (κ1) is 16.4. The normalized spacial score (nSPS) is 10.5. The molecule has 0 heterocycles. The van der Waals surface area contributed by atoms with Crippen LogP contribution >= 0.6 is 0 Å². The van der Waals surface area contributed by atoms with Gasteiger partial charge in [0.1, 0.15) is 0 Å². The van der Waals surface area contributed by atoms with Crippen LogP contribution in [0.25, 0.3) is 0 Å². The van der Waals surface area contributed by atoms with Crippen molar-refractivity contribution in [1.29, 1.82) is 0 Å². The molecule has 0 aromatic carbocycles. The molecule has 0 fully saturated rings. The Hall–Kier alpha value is -0.570. The van der Waals surface area contributed by atoms with Crippen molar-refractivity contribution in [3.63, 3.8) is 0 Å². The maximum Gasteiger partial charge on any atom is 0.222 e. The lowest BCUT2D eigenvalue weighted by atomic mass is 10.2. The minimum Gasteiger partial charge on any atom is -0.343 e.